The van der Waals surface area contributed by atoms with E-state index in [-0.39, 0.29) is 11.6 Å². The van der Waals surface area contributed by atoms with E-state index in [4.69, 9.17) is 16.3 Å². The molecule has 0 spiro atoms. The summed E-state index contributed by atoms with van der Waals surface area (Å²) in [5, 5.41) is 3.65. The maximum absolute atomic E-state index is 12.9. The van der Waals surface area contributed by atoms with Gasteiger partial charge in [-0.05, 0) is 55.0 Å². The lowest BCUT2D eigenvalue weighted by Crippen LogP contribution is -2.04. The van der Waals surface area contributed by atoms with E-state index < -0.39 is 11.7 Å². The largest absolute Gasteiger partial charge is 0.437 e. The number of halogens is 4. The molecule has 0 aliphatic carbocycles. The first-order chi connectivity index (χ1) is 13.8. The molecule has 4 rings (SSSR count). The van der Waals surface area contributed by atoms with E-state index in [1.54, 1.807) is 18.2 Å². The Bertz CT molecular complexity index is 1150. The molecule has 0 saturated carbocycles. The van der Waals surface area contributed by atoms with Gasteiger partial charge in [-0.1, -0.05) is 17.7 Å². The average molecular weight is 419 g/mol. The molecule has 0 aliphatic rings. The van der Waals surface area contributed by atoms with Crippen LogP contribution in [0.4, 0.5) is 24.8 Å². The molecule has 0 bridgehead atoms. The third-order valence-corrected chi connectivity index (χ3v) is 4.57. The molecular formula is C20H14ClF3N4O. The molecule has 0 amide bonds. The SMILES string of the molecule is Cc1cc2[nH]c(Nc3cccnc3Oc3cccc(C(F)(F)F)c3)nc2cc1Cl. The Kier molecular flexibility index (Phi) is 4.79. The van der Waals surface area contributed by atoms with Crippen LogP contribution in [0.2, 0.25) is 5.02 Å². The molecule has 2 N–H and O–H groups in total. The molecule has 4 aromatic rings. The normalized spacial score (nSPS) is 11.6. The number of imidazole rings is 1. The van der Waals surface area contributed by atoms with E-state index in [9.17, 15) is 13.2 Å². The fourth-order valence-electron chi connectivity index (χ4n) is 2.74. The summed E-state index contributed by atoms with van der Waals surface area (Å²) < 4.78 is 44.4. The number of hydrogen-bond acceptors (Lipinski definition) is 4. The first-order valence-electron chi connectivity index (χ1n) is 8.52. The van der Waals surface area contributed by atoms with Crippen molar-refractivity contribution in [2.45, 2.75) is 13.1 Å². The maximum Gasteiger partial charge on any atom is 0.416 e. The van der Waals surface area contributed by atoms with Crippen molar-refractivity contribution in [1.29, 1.82) is 0 Å². The number of H-pyrrole nitrogens is 1. The predicted octanol–water partition coefficient (Wildman–Crippen LogP) is 6.47. The molecule has 0 atom stereocenters. The molecule has 0 radical (unpaired) electrons. The number of rotatable bonds is 4. The van der Waals surface area contributed by atoms with Crippen LogP contribution < -0.4 is 10.1 Å². The molecule has 2 heterocycles. The number of benzene rings is 2. The summed E-state index contributed by atoms with van der Waals surface area (Å²) in [4.78, 5) is 11.7. The number of hydrogen-bond donors (Lipinski definition) is 2. The van der Waals surface area contributed by atoms with Gasteiger partial charge < -0.3 is 15.0 Å². The molecular weight excluding hydrogens is 405 g/mol. The summed E-state index contributed by atoms with van der Waals surface area (Å²) in [6.07, 6.45) is -2.98. The van der Waals surface area contributed by atoms with E-state index in [1.165, 1.54) is 18.3 Å². The molecule has 0 saturated heterocycles. The third kappa shape index (κ3) is 4.12. The molecule has 2 aromatic carbocycles. The molecule has 5 nitrogen and oxygen atoms in total. The van der Waals surface area contributed by atoms with Gasteiger partial charge in [-0.25, -0.2) is 9.97 Å². The number of pyridine rings is 1. The Balaban J connectivity index is 1.62. The van der Waals surface area contributed by atoms with Crippen molar-refractivity contribution in [3.05, 3.63) is 70.9 Å². The highest BCUT2D eigenvalue weighted by Crippen LogP contribution is 2.34. The van der Waals surface area contributed by atoms with Crippen molar-refractivity contribution in [2.75, 3.05) is 5.32 Å². The zero-order valence-electron chi connectivity index (χ0n) is 15.0. The van der Waals surface area contributed by atoms with Gasteiger partial charge in [0.1, 0.15) is 11.4 Å². The highest BCUT2D eigenvalue weighted by Gasteiger charge is 2.30. The van der Waals surface area contributed by atoms with Gasteiger partial charge in [-0.3, -0.25) is 0 Å². The summed E-state index contributed by atoms with van der Waals surface area (Å²) >= 11 is 6.13. The van der Waals surface area contributed by atoms with E-state index >= 15 is 0 Å². The highest BCUT2D eigenvalue weighted by atomic mass is 35.5. The van der Waals surface area contributed by atoms with E-state index in [1.807, 2.05) is 13.0 Å². The lowest BCUT2D eigenvalue weighted by atomic mass is 10.2. The Morgan fingerprint density at radius 1 is 1.10 bits per heavy atom. The summed E-state index contributed by atoms with van der Waals surface area (Å²) in [5.74, 6) is 0.554. The van der Waals surface area contributed by atoms with Crippen LogP contribution in [0, 0.1) is 6.92 Å². The fourth-order valence-corrected chi connectivity index (χ4v) is 2.90. The van der Waals surface area contributed by atoms with Crippen molar-refractivity contribution in [3.8, 4) is 11.6 Å². The van der Waals surface area contributed by atoms with Gasteiger partial charge in [-0.2, -0.15) is 13.2 Å². The van der Waals surface area contributed by atoms with Crippen molar-refractivity contribution in [2.24, 2.45) is 0 Å². The number of alkyl halides is 3. The first-order valence-corrected chi connectivity index (χ1v) is 8.90. The van der Waals surface area contributed by atoms with Crippen molar-refractivity contribution in [1.82, 2.24) is 15.0 Å². The Labute approximate surface area is 168 Å². The second kappa shape index (κ2) is 7.29. The summed E-state index contributed by atoms with van der Waals surface area (Å²) in [7, 11) is 0. The first kappa shape index (κ1) is 19.1. The van der Waals surface area contributed by atoms with Crippen molar-refractivity contribution < 1.29 is 17.9 Å². The summed E-state index contributed by atoms with van der Waals surface area (Å²) in [6.45, 7) is 1.89. The predicted molar refractivity (Wildman–Crippen MR) is 105 cm³/mol. The van der Waals surface area contributed by atoms with Crippen LogP contribution in [0.3, 0.4) is 0 Å². The number of nitrogens with one attached hydrogen (secondary N) is 2. The Morgan fingerprint density at radius 3 is 2.72 bits per heavy atom. The Hall–Kier alpha value is -3.26. The van der Waals surface area contributed by atoms with Crippen LogP contribution in [0.1, 0.15) is 11.1 Å². The zero-order chi connectivity index (χ0) is 20.6. The fraction of sp³-hybridized carbons (Fsp3) is 0.100. The molecule has 0 fully saturated rings. The van der Waals surface area contributed by atoms with Gasteiger partial charge in [0.15, 0.2) is 0 Å². The zero-order valence-corrected chi connectivity index (χ0v) is 15.8. The molecule has 2 aromatic heterocycles. The van der Waals surface area contributed by atoms with Crippen LogP contribution in [-0.2, 0) is 6.18 Å². The van der Waals surface area contributed by atoms with Crippen LogP contribution in [0.5, 0.6) is 11.6 Å². The number of fused-ring (bicyclic) bond motifs is 1. The van der Waals surface area contributed by atoms with Crippen molar-refractivity contribution in [3.63, 3.8) is 0 Å². The quantitative estimate of drug-likeness (QED) is 0.398. The monoisotopic (exact) mass is 418 g/mol. The molecule has 9 heteroatoms. The summed E-state index contributed by atoms with van der Waals surface area (Å²) in [5.41, 5.74) is 2.01. The van der Waals surface area contributed by atoms with Gasteiger partial charge in [-0.15, -0.1) is 0 Å². The van der Waals surface area contributed by atoms with Crippen LogP contribution in [0.15, 0.2) is 54.7 Å². The van der Waals surface area contributed by atoms with Gasteiger partial charge in [0, 0.05) is 11.2 Å². The van der Waals surface area contributed by atoms with Gasteiger partial charge in [0.25, 0.3) is 0 Å². The standard InChI is InChI=1S/C20H14ClF3N4O/c1-11-8-16-17(10-14(11)21)28-19(27-16)26-15-6-3-7-25-18(15)29-13-5-2-4-12(9-13)20(22,23)24/h2-10H,1H3,(H2,26,27,28). The van der Waals surface area contributed by atoms with Gasteiger partial charge >= 0.3 is 6.18 Å². The molecule has 0 aliphatic heterocycles. The minimum atomic E-state index is -4.46. The maximum atomic E-state index is 12.9. The van der Waals surface area contributed by atoms with Gasteiger partial charge in [0.05, 0.1) is 16.6 Å². The smallest absolute Gasteiger partial charge is 0.416 e. The topological polar surface area (TPSA) is 62.8 Å². The van der Waals surface area contributed by atoms with E-state index in [0.29, 0.717) is 22.2 Å². The van der Waals surface area contributed by atoms with Gasteiger partial charge in [0.2, 0.25) is 11.8 Å². The number of aromatic amines is 1. The average Bonchev–Trinajstić information content (AvgIpc) is 3.04. The van der Waals surface area contributed by atoms with Crippen LogP contribution >= 0.6 is 11.6 Å². The molecule has 0 unspecified atom stereocenters. The van der Waals surface area contributed by atoms with Crippen LogP contribution in [0.25, 0.3) is 11.0 Å². The third-order valence-electron chi connectivity index (χ3n) is 4.16. The number of anilines is 2. The van der Waals surface area contributed by atoms with E-state index in [0.717, 1.165) is 23.2 Å². The van der Waals surface area contributed by atoms with E-state index in [2.05, 4.69) is 20.3 Å². The minimum Gasteiger partial charge on any atom is -0.437 e. The lowest BCUT2D eigenvalue weighted by Gasteiger charge is -2.12. The number of aryl methyl sites for hydroxylation is 1. The second-order valence-electron chi connectivity index (χ2n) is 6.31. The Morgan fingerprint density at radius 2 is 1.93 bits per heavy atom. The number of ether oxygens (including phenoxy) is 1. The van der Waals surface area contributed by atoms with Crippen molar-refractivity contribution >= 4 is 34.3 Å². The minimum absolute atomic E-state index is 0.0218. The summed E-state index contributed by atoms with van der Waals surface area (Å²) in [6, 6.07) is 11.6. The second-order valence-corrected chi connectivity index (χ2v) is 6.72. The molecule has 29 heavy (non-hydrogen) atoms. The number of aromatic nitrogens is 3. The van der Waals surface area contributed by atoms with Crippen LogP contribution in [-0.4, -0.2) is 15.0 Å². The number of nitrogens with zero attached hydrogens (tertiary/aromatic N) is 2. The highest BCUT2D eigenvalue weighted by molar-refractivity contribution is 6.32. The molecule has 148 valence electrons. The lowest BCUT2D eigenvalue weighted by molar-refractivity contribution is -0.137.